The van der Waals surface area contributed by atoms with Gasteiger partial charge in [0.05, 0.1) is 11.9 Å². The number of halogens is 4. The average molecular weight is 588 g/mol. The second-order valence-electron chi connectivity index (χ2n) is 8.75. The number of amides is 2. The molecule has 0 unspecified atom stereocenters. The van der Waals surface area contributed by atoms with E-state index in [1.165, 1.54) is 29.2 Å². The summed E-state index contributed by atoms with van der Waals surface area (Å²) >= 11 is 0.773. The van der Waals surface area contributed by atoms with Crippen molar-refractivity contribution in [2.24, 2.45) is 5.73 Å². The van der Waals surface area contributed by atoms with E-state index in [1.807, 2.05) is 6.92 Å². The molecule has 41 heavy (non-hydrogen) atoms. The molecule has 0 saturated heterocycles. The summed E-state index contributed by atoms with van der Waals surface area (Å²) in [4.78, 5) is 29.6. The minimum Gasteiger partial charge on any atom is -0.468 e. The van der Waals surface area contributed by atoms with E-state index in [4.69, 9.17) is 10.5 Å². The van der Waals surface area contributed by atoms with Crippen molar-refractivity contribution in [3.63, 3.8) is 0 Å². The topological polar surface area (TPSA) is 130 Å². The number of aromatic nitrogens is 5. The Balaban J connectivity index is 1.51. The van der Waals surface area contributed by atoms with Gasteiger partial charge in [0, 0.05) is 35.5 Å². The van der Waals surface area contributed by atoms with Crippen LogP contribution in [0, 0.1) is 18.6 Å². The van der Waals surface area contributed by atoms with Gasteiger partial charge in [-0.3, -0.25) is 14.3 Å². The smallest absolute Gasteiger partial charge is 0.280 e. The molecule has 0 aliphatic heterocycles. The molecule has 3 N–H and O–H groups in total. The number of carbonyl (C=O) groups excluding carboxylic acids is 2. The number of hydrogen-bond donors (Lipinski definition) is 2. The van der Waals surface area contributed by atoms with E-state index in [2.05, 4.69) is 20.5 Å². The van der Waals surface area contributed by atoms with Crippen molar-refractivity contribution < 1.29 is 31.9 Å². The highest BCUT2D eigenvalue weighted by Gasteiger charge is 2.27. The first-order valence-electron chi connectivity index (χ1n) is 12.1. The largest absolute Gasteiger partial charge is 0.468 e. The number of nitrogens with zero attached hydrogens (tertiary/aromatic N) is 5. The first kappa shape index (κ1) is 27.8. The summed E-state index contributed by atoms with van der Waals surface area (Å²) in [5, 5.41) is 11.3. The van der Waals surface area contributed by atoms with Crippen LogP contribution in [0.25, 0.3) is 21.3 Å². The molecule has 0 radical (unpaired) electrons. The van der Waals surface area contributed by atoms with Crippen molar-refractivity contribution in [3.8, 4) is 16.9 Å². The second-order valence-corrected chi connectivity index (χ2v) is 9.75. The van der Waals surface area contributed by atoms with Gasteiger partial charge in [0.15, 0.2) is 24.0 Å². The number of nitrogens with two attached hydrogens (primary N) is 1. The van der Waals surface area contributed by atoms with E-state index in [0.29, 0.717) is 29.4 Å². The van der Waals surface area contributed by atoms with Crippen LogP contribution in [0.15, 0.2) is 42.7 Å². The van der Waals surface area contributed by atoms with Crippen molar-refractivity contribution in [2.75, 3.05) is 5.32 Å². The predicted octanol–water partition coefficient (Wildman–Crippen LogP) is 5.29. The summed E-state index contributed by atoms with van der Waals surface area (Å²) in [5.41, 5.74) is 6.46. The molecule has 212 valence electrons. The van der Waals surface area contributed by atoms with Gasteiger partial charge in [0.25, 0.3) is 18.2 Å². The zero-order valence-electron chi connectivity index (χ0n) is 21.5. The van der Waals surface area contributed by atoms with Gasteiger partial charge in [-0.15, -0.1) is 11.3 Å². The van der Waals surface area contributed by atoms with Gasteiger partial charge in [-0.2, -0.15) is 10.2 Å². The van der Waals surface area contributed by atoms with Gasteiger partial charge in [-0.05, 0) is 43.7 Å². The molecule has 4 aromatic heterocycles. The fourth-order valence-corrected chi connectivity index (χ4v) is 5.24. The maximum Gasteiger partial charge on any atom is 0.280 e. The predicted molar refractivity (Wildman–Crippen MR) is 142 cm³/mol. The fraction of sp³-hybridized carbons (Fsp3) is 0.192. The molecule has 2 amide bonds. The molecule has 0 atom stereocenters. The number of alkyl halides is 2. The quantitative estimate of drug-likeness (QED) is 0.226. The Morgan fingerprint density at radius 3 is 2.61 bits per heavy atom. The van der Waals surface area contributed by atoms with Crippen molar-refractivity contribution in [2.45, 2.75) is 33.5 Å². The Kier molecular flexibility index (Phi) is 7.45. The molecule has 0 spiro atoms. The van der Waals surface area contributed by atoms with Crippen LogP contribution < -0.4 is 15.8 Å². The molecule has 10 nitrogen and oxygen atoms in total. The highest BCUT2D eigenvalue weighted by Crippen LogP contribution is 2.43. The molecule has 0 aliphatic carbocycles. The normalized spacial score (nSPS) is 11.4. The molecule has 0 aliphatic rings. The first-order valence-corrected chi connectivity index (χ1v) is 12.9. The number of nitrogens with one attached hydrogen (secondary N) is 1. The van der Waals surface area contributed by atoms with Gasteiger partial charge in [0.1, 0.15) is 21.2 Å². The SMILES string of the molecule is CCn1ncc(-c2cc(C(F)F)nc3sc(C(N)=O)c(NC(=O)c4ccn(COc5ccc(F)cc5F)n4)c23)c1C. The molecule has 5 rings (SSSR count). The van der Waals surface area contributed by atoms with E-state index in [0.717, 1.165) is 23.5 Å². The number of rotatable bonds is 9. The van der Waals surface area contributed by atoms with Crippen LogP contribution in [0.3, 0.4) is 0 Å². The van der Waals surface area contributed by atoms with Crippen LogP contribution in [0.1, 0.15) is 44.9 Å². The highest BCUT2D eigenvalue weighted by molar-refractivity contribution is 7.21. The van der Waals surface area contributed by atoms with E-state index in [-0.39, 0.29) is 39.0 Å². The van der Waals surface area contributed by atoms with Crippen LogP contribution >= 0.6 is 11.3 Å². The Labute approximate surface area is 233 Å². The number of pyridine rings is 1. The molecule has 15 heteroatoms. The molecule has 0 saturated carbocycles. The number of hydrogen-bond acceptors (Lipinski definition) is 7. The molecule has 5 aromatic rings. The van der Waals surface area contributed by atoms with Crippen LogP contribution in [-0.4, -0.2) is 36.4 Å². The molecule has 0 fully saturated rings. The lowest BCUT2D eigenvalue weighted by Crippen LogP contribution is -2.18. The maximum absolute atomic E-state index is 13.9. The summed E-state index contributed by atoms with van der Waals surface area (Å²) in [6, 6.07) is 5.36. The Morgan fingerprint density at radius 2 is 1.95 bits per heavy atom. The number of thiophene rings is 1. The van der Waals surface area contributed by atoms with E-state index >= 15 is 0 Å². The molecule has 4 heterocycles. The third-order valence-electron chi connectivity index (χ3n) is 6.18. The van der Waals surface area contributed by atoms with Crippen molar-refractivity contribution >= 4 is 39.1 Å². The van der Waals surface area contributed by atoms with Gasteiger partial charge in [-0.25, -0.2) is 27.2 Å². The highest BCUT2D eigenvalue weighted by atomic mass is 32.1. The minimum atomic E-state index is -2.90. The van der Waals surface area contributed by atoms with Gasteiger partial charge in [0.2, 0.25) is 0 Å². The summed E-state index contributed by atoms with van der Waals surface area (Å²) in [6.45, 7) is 3.88. The number of benzene rings is 1. The van der Waals surface area contributed by atoms with E-state index in [1.54, 1.807) is 11.6 Å². The zero-order valence-corrected chi connectivity index (χ0v) is 22.3. The van der Waals surface area contributed by atoms with Crippen molar-refractivity contribution in [3.05, 3.63) is 76.3 Å². The van der Waals surface area contributed by atoms with Crippen molar-refractivity contribution in [1.29, 1.82) is 0 Å². The monoisotopic (exact) mass is 587 g/mol. The number of carbonyl (C=O) groups is 2. The van der Waals surface area contributed by atoms with Crippen LogP contribution in [-0.2, 0) is 13.3 Å². The summed E-state index contributed by atoms with van der Waals surface area (Å²) in [7, 11) is 0. The molecule has 0 bridgehead atoms. The van der Waals surface area contributed by atoms with Crippen LogP contribution in [0.4, 0.5) is 23.2 Å². The summed E-state index contributed by atoms with van der Waals surface area (Å²) in [5.74, 6) is -3.52. The molecular weight excluding hydrogens is 566 g/mol. The second kappa shape index (κ2) is 11.0. The van der Waals surface area contributed by atoms with Gasteiger partial charge < -0.3 is 15.8 Å². The Morgan fingerprint density at radius 1 is 1.17 bits per heavy atom. The lowest BCUT2D eigenvalue weighted by molar-refractivity contribution is 0.100. The fourth-order valence-electron chi connectivity index (χ4n) is 4.22. The number of aryl methyl sites for hydroxylation is 1. The third-order valence-corrected chi connectivity index (χ3v) is 7.28. The lowest BCUT2D eigenvalue weighted by Gasteiger charge is -2.10. The summed E-state index contributed by atoms with van der Waals surface area (Å²) < 4.78 is 62.7. The molecule has 1 aromatic carbocycles. The van der Waals surface area contributed by atoms with Crippen LogP contribution in [0.5, 0.6) is 5.75 Å². The Bertz CT molecular complexity index is 1800. The standard InChI is InChI=1S/C26H21F4N7O3S/c1-3-37-12(2)15(10-32-37)14-9-18(23(29)30)33-26-20(14)21(22(41-26)24(31)38)34-25(39)17-6-7-36(35-17)11-40-19-5-4-13(27)8-16(19)28/h4-10,23H,3,11H2,1-2H3,(H2,31,38)(H,34,39). The number of anilines is 1. The first-order chi connectivity index (χ1) is 19.6. The third kappa shape index (κ3) is 5.35. The Hall–Kier alpha value is -4.79. The lowest BCUT2D eigenvalue weighted by atomic mass is 10.0. The maximum atomic E-state index is 13.9. The van der Waals surface area contributed by atoms with E-state index < -0.39 is 35.6 Å². The van der Waals surface area contributed by atoms with Gasteiger partial charge in [-0.1, -0.05) is 0 Å². The van der Waals surface area contributed by atoms with E-state index in [9.17, 15) is 27.2 Å². The minimum absolute atomic E-state index is 0.00588. The number of primary amides is 1. The summed E-state index contributed by atoms with van der Waals surface area (Å²) in [6.07, 6.45) is 0.00906. The van der Waals surface area contributed by atoms with Gasteiger partial charge >= 0.3 is 0 Å². The zero-order chi connectivity index (χ0) is 29.4. The number of ether oxygens (including phenoxy) is 1. The van der Waals surface area contributed by atoms with Crippen molar-refractivity contribution in [1.82, 2.24) is 24.5 Å². The molecular formula is C26H21F4N7O3S. The average Bonchev–Trinajstić information content (AvgIpc) is 3.65. The number of fused-ring (bicyclic) bond motifs is 1. The van der Waals surface area contributed by atoms with Crippen LogP contribution in [0.2, 0.25) is 0 Å².